The van der Waals surface area contributed by atoms with Crippen molar-refractivity contribution in [1.29, 1.82) is 0 Å². The maximum atomic E-state index is 12.6. The number of aliphatic hydroxyl groups excluding tert-OH is 1. The number of phenolic OH excluding ortho intramolecular Hbond substituents is 1. The van der Waals surface area contributed by atoms with Crippen LogP contribution in [0.2, 0.25) is 0 Å². The number of benzene rings is 1. The largest absolute Gasteiger partial charge is 0.508 e. The minimum absolute atomic E-state index is 0.0157. The summed E-state index contributed by atoms with van der Waals surface area (Å²) in [5, 5.41) is 38.5. The zero-order valence-corrected chi connectivity index (χ0v) is 27.8. The van der Waals surface area contributed by atoms with Gasteiger partial charge in [-0.3, -0.25) is 0 Å². The molecule has 4 fully saturated rings. The Balaban J connectivity index is 1.22. The Morgan fingerprint density at radius 1 is 1.00 bits per heavy atom. The Morgan fingerprint density at radius 2 is 1.79 bits per heavy atom. The van der Waals surface area contributed by atoms with Crippen LogP contribution < -0.4 is 5.32 Å². The third kappa shape index (κ3) is 5.27. The highest BCUT2D eigenvalue weighted by Gasteiger charge is 2.67. The minimum atomic E-state index is -0.893. The maximum absolute atomic E-state index is 12.6. The first-order valence-corrected chi connectivity index (χ1v) is 17.8. The molecule has 1 aromatic heterocycles. The summed E-state index contributed by atoms with van der Waals surface area (Å²) in [4.78, 5) is 3.35. The molecule has 4 aliphatic carbocycles. The van der Waals surface area contributed by atoms with Crippen LogP contribution in [0.1, 0.15) is 111 Å². The van der Waals surface area contributed by atoms with E-state index < -0.39 is 11.7 Å². The highest BCUT2D eigenvalue weighted by Crippen LogP contribution is 2.69. The SMILES string of the molecule is CC(C)[C@H](C)CC[C@@H](C)[C@H]1CC[C@H]2[C@@H]3C[C@@H](NCCc4c[nH]c5ccc(O)cc45)[C@@]4(O)C[C@@H](O)CC[C@]4(C)[C@H]3CC[C@]12C. The van der Waals surface area contributed by atoms with Gasteiger partial charge in [-0.25, -0.2) is 0 Å². The van der Waals surface area contributed by atoms with Gasteiger partial charge in [0.25, 0.3) is 0 Å². The third-order valence-electron chi connectivity index (χ3n) is 14.4. The van der Waals surface area contributed by atoms with Crippen LogP contribution in [0.3, 0.4) is 0 Å². The molecular weight excluding hydrogens is 532 g/mol. The molecule has 1 aromatic carbocycles. The number of hydrogen-bond donors (Lipinski definition) is 5. The van der Waals surface area contributed by atoms with Crippen LogP contribution >= 0.6 is 0 Å². The van der Waals surface area contributed by atoms with Gasteiger partial charge in [0, 0.05) is 35.0 Å². The van der Waals surface area contributed by atoms with Gasteiger partial charge >= 0.3 is 0 Å². The smallest absolute Gasteiger partial charge is 0.116 e. The number of rotatable bonds is 9. The second kappa shape index (κ2) is 11.7. The van der Waals surface area contributed by atoms with Crippen molar-refractivity contribution >= 4 is 10.9 Å². The van der Waals surface area contributed by atoms with Crippen molar-refractivity contribution in [3.8, 4) is 5.75 Å². The molecule has 5 heteroatoms. The molecule has 4 saturated carbocycles. The van der Waals surface area contributed by atoms with Crippen LogP contribution in [0.15, 0.2) is 24.4 Å². The Bertz CT molecular complexity index is 1270. The fourth-order valence-corrected chi connectivity index (χ4v) is 11.3. The van der Waals surface area contributed by atoms with Gasteiger partial charge in [-0.2, -0.15) is 0 Å². The van der Waals surface area contributed by atoms with Crippen LogP contribution in [-0.4, -0.2) is 44.6 Å². The molecule has 0 aliphatic heterocycles. The summed E-state index contributed by atoms with van der Waals surface area (Å²) in [6, 6.07) is 5.49. The Kier molecular flexibility index (Phi) is 8.52. The summed E-state index contributed by atoms with van der Waals surface area (Å²) >= 11 is 0. The summed E-state index contributed by atoms with van der Waals surface area (Å²) in [5.41, 5.74) is 1.57. The van der Waals surface area contributed by atoms with Crippen molar-refractivity contribution in [1.82, 2.24) is 10.3 Å². The number of phenols is 1. The van der Waals surface area contributed by atoms with Gasteiger partial charge in [0.05, 0.1) is 11.7 Å². The second-order valence-corrected chi connectivity index (χ2v) is 16.7. The second-order valence-electron chi connectivity index (χ2n) is 16.7. The summed E-state index contributed by atoms with van der Waals surface area (Å²) < 4.78 is 0. The lowest BCUT2D eigenvalue weighted by Crippen LogP contribution is -2.71. The summed E-state index contributed by atoms with van der Waals surface area (Å²) in [6.07, 6.45) is 13.6. The van der Waals surface area contributed by atoms with E-state index in [0.29, 0.717) is 29.4 Å². The van der Waals surface area contributed by atoms with Crippen molar-refractivity contribution in [3.05, 3.63) is 30.0 Å². The predicted octanol–water partition coefficient (Wildman–Crippen LogP) is 7.83. The molecule has 5 nitrogen and oxygen atoms in total. The van der Waals surface area contributed by atoms with E-state index in [1.54, 1.807) is 6.07 Å². The number of hydrogen-bond acceptors (Lipinski definition) is 4. The quantitative estimate of drug-likeness (QED) is 0.205. The fourth-order valence-electron chi connectivity index (χ4n) is 11.3. The summed E-state index contributed by atoms with van der Waals surface area (Å²) in [6.45, 7) is 15.5. The summed E-state index contributed by atoms with van der Waals surface area (Å²) in [7, 11) is 0. The van der Waals surface area contributed by atoms with Crippen molar-refractivity contribution in [2.45, 2.75) is 130 Å². The summed E-state index contributed by atoms with van der Waals surface area (Å²) in [5.74, 6) is 5.33. The normalized spacial score (nSPS) is 40.7. The van der Waals surface area contributed by atoms with Crippen LogP contribution in [0.25, 0.3) is 10.9 Å². The lowest BCUT2D eigenvalue weighted by Gasteiger charge is -2.66. The molecule has 4 aliphatic rings. The van der Waals surface area contributed by atoms with Gasteiger partial charge in [0.2, 0.25) is 0 Å². The molecule has 5 N–H and O–H groups in total. The van der Waals surface area contributed by atoms with E-state index in [-0.39, 0.29) is 11.5 Å². The van der Waals surface area contributed by atoms with Crippen molar-refractivity contribution in [2.24, 2.45) is 52.3 Å². The molecule has 0 amide bonds. The monoisotopic (exact) mass is 592 g/mol. The van der Waals surface area contributed by atoms with E-state index in [1.165, 1.54) is 44.1 Å². The molecule has 0 spiro atoms. The van der Waals surface area contributed by atoms with E-state index in [9.17, 15) is 15.3 Å². The highest BCUT2D eigenvalue weighted by atomic mass is 16.3. The highest BCUT2D eigenvalue weighted by molar-refractivity contribution is 5.84. The molecule has 240 valence electrons. The fraction of sp³-hybridized carbons (Fsp3) is 0.789. The van der Waals surface area contributed by atoms with Gasteiger partial charge in [-0.15, -0.1) is 0 Å². The topological polar surface area (TPSA) is 88.5 Å². The number of aliphatic hydroxyl groups is 2. The predicted molar refractivity (Wildman–Crippen MR) is 176 cm³/mol. The van der Waals surface area contributed by atoms with E-state index in [2.05, 4.69) is 58.0 Å². The number of H-pyrrole nitrogens is 1. The third-order valence-corrected chi connectivity index (χ3v) is 14.4. The lowest BCUT2D eigenvalue weighted by atomic mass is 9.42. The first-order valence-electron chi connectivity index (χ1n) is 17.8. The number of nitrogens with one attached hydrogen (secondary N) is 2. The van der Waals surface area contributed by atoms with E-state index in [0.717, 1.165) is 72.7 Å². The van der Waals surface area contributed by atoms with Crippen molar-refractivity contribution < 1.29 is 15.3 Å². The zero-order chi connectivity index (χ0) is 30.7. The van der Waals surface area contributed by atoms with Crippen molar-refractivity contribution in [2.75, 3.05) is 6.54 Å². The molecule has 1 heterocycles. The molecule has 0 bridgehead atoms. The van der Waals surface area contributed by atoms with Gasteiger partial charge in [-0.1, -0.05) is 54.4 Å². The molecule has 0 radical (unpaired) electrons. The Morgan fingerprint density at radius 3 is 2.56 bits per heavy atom. The number of aromatic nitrogens is 1. The van der Waals surface area contributed by atoms with Gasteiger partial charge in [0.15, 0.2) is 0 Å². The molecule has 0 saturated heterocycles. The Labute approximate surface area is 260 Å². The first kappa shape index (κ1) is 31.4. The first-order chi connectivity index (χ1) is 20.4. The van der Waals surface area contributed by atoms with Crippen LogP contribution in [0.4, 0.5) is 0 Å². The number of fused-ring (bicyclic) bond motifs is 6. The van der Waals surface area contributed by atoms with Crippen LogP contribution in [0, 0.1) is 52.3 Å². The average molecular weight is 593 g/mol. The average Bonchev–Trinajstić information content (AvgIpc) is 3.53. The van der Waals surface area contributed by atoms with Crippen molar-refractivity contribution in [3.63, 3.8) is 0 Å². The molecular formula is C38H60N2O3. The number of aromatic amines is 1. The van der Waals surface area contributed by atoms with Gasteiger partial charge in [0.1, 0.15) is 5.75 Å². The molecule has 43 heavy (non-hydrogen) atoms. The van der Waals surface area contributed by atoms with E-state index in [1.807, 2.05) is 12.1 Å². The van der Waals surface area contributed by atoms with E-state index in [4.69, 9.17) is 0 Å². The van der Waals surface area contributed by atoms with E-state index >= 15 is 0 Å². The van der Waals surface area contributed by atoms with Gasteiger partial charge < -0.3 is 25.6 Å². The molecule has 2 aromatic rings. The standard InChI is InChI=1S/C38H60N2O3/c1-23(2)24(3)7-8-25(4)31-10-11-32-30-20-35(39-18-15-26-22-40-34-12-9-27(41)19-29(26)34)38(43)21-28(42)13-17-37(38,6)33(30)14-16-36(31,32)5/h9,12,19,22-25,28,30-33,35,39-43H,7-8,10-11,13-18,20-21H2,1-6H3/t24-,25-,28+,30+,31-,32+,33+,35-,36-,37-,38+/m1/s1. The number of aromatic hydroxyl groups is 1. The lowest BCUT2D eigenvalue weighted by molar-refractivity contribution is -0.234. The molecule has 0 unspecified atom stereocenters. The molecule has 6 rings (SSSR count). The molecule has 11 atom stereocenters. The Hall–Kier alpha value is -1.56. The van der Waals surface area contributed by atoms with Gasteiger partial charge in [-0.05, 0) is 129 Å². The van der Waals surface area contributed by atoms with Crippen LogP contribution in [-0.2, 0) is 6.42 Å². The van der Waals surface area contributed by atoms with Crippen LogP contribution in [0.5, 0.6) is 5.75 Å². The minimum Gasteiger partial charge on any atom is -0.508 e. The zero-order valence-electron chi connectivity index (χ0n) is 27.8. The maximum Gasteiger partial charge on any atom is 0.116 e.